The number of hydrogen-bond acceptors (Lipinski definition) is 3. The summed E-state index contributed by atoms with van der Waals surface area (Å²) in [5, 5.41) is 8.64. The zero-order valence-electron chi connectivity index (χ0n) is 10.3. The van der Waals surface area contributed by atoms with Crippen LogP contribution in [0.15, 0.2) is 0 Å². The van der Waals surface area contributed by atoms with E-state index in [2.05, 4.69) is 0 Å². The van der Waals surface area contributed by atoms with Crippen molar-refractivity contribution in [3.63, 3.8) is 0 Å². The highest BCUT2D eigenvalue weighted by Crippen LogP contribution is 2.26. The Morgan fingerprint density at radius 3 is 2.06 bits per heavy atom. The molecule has 0 radical (unpaired) electrons. The lowest BCUT2D eigenvalue weighted by atomic mass is 9.90. The van der Waals surface area contributed by atoms with Crippen LogP contribution in [0.2, 0.25) is 0 Å². The SMILES string of the molecule is CCC(F)(C(=O)O)C(=O)OC(C)C(C)(C)C. The quantitative estimate of drug-likeness (QED) is 0.598. The number of esters is 1. The number of aliphatic carboxylic acids is 1. The highest BCUT2D eigenvalue weighted by atomic mass is 19.1. The first-order valence-electron chi connectivity index (χ1n) is 5.19. The Balaban J connectivity index is 4.76. The second-order valence-corrected chi connectivity index (χ2v) is 4.87. The Morgan fingerprint density at radius 1 is 1.38 bits per heavy atom. The summed E-state index contributed by atoms with van der Waals surface area (Å²) in [6.45, 7) is 8.35. The molecule has 0 aromatic rings. The van der Waals surface area contributed by atoms with Crippen molar-refractivity contribution in [2.24, 2.45) is 5.41 Å². The molecular formula is C11H19FO4. The molecule has 0 heterocycles. The molecule has 0 aromatic heterocycles. The summed E-state index contributed by atoms with van der Waals surface area (Å²) in [5.41, 5.74) is -3.30. The van der Waals surface area contributed by atoms with Crippen molar-refractivity contribution < 1.29 is 23.8 Å². The fourth-order valence-corrected chi connectivity index (χ4v) is 0.814. The number of carboxylic acids is 1. The molecule has 0 spiro atoms. The first kappa shape index (κ1) is 14.9. The Morgan fingerprint density at radius 2 is 1.81 bits per heavy atom. The topological polar surface area (TPSA) is 63.6 Å². The van der Waals surface area contributed by atoms with E-state index >= 15 is 0 Å². The van der Waals surface area contributed by atoms with Gasteiger partial charge in [-0.05, 0) is 12.3 Å². The number of carboxylic acid groups (broad SMARTS) is 1. The molecular weight excluding hydrogens is 215 g/mol. The molecule has 0 amide bonds. The first-order valence-corrected chi connectivity index (χ1v) is 5.19. The monoisotopic (exact) mass is 234 g/mol. The summed E-state index contributed by atoms with van der Waals surface area (Å²) in [6, 6.07) is 0. The number of hydrogen-bond donors (Lipinski definition) is 1. The lowest BCUT2D eigenvalue weighted by Crippen LogP contribution is -2.45. The Kier molecular flexibility index (Phi) is 4.46. The van der Waals surface area contributed by atoms with Gasteiger partial charge in [-0.3, -0.25) is 0 Å². The van der Waals surface area contributed by atoms with Gasteiger partial charge in [0, 0.05) is 6.42 Å². The number of halogens is 1. The summed E-state index contributed by atoms with van der Waals surface area (Å²) in [7, 11) is 0. The predicted molar refractivity (Wildman–Crippen MR) is 56.8 cm³/mol. The standard InChI is InChI=1S/C11H19FO4/c1-6-11(12,8(13)14)9(15)16-7(2)10(3,4)5/h7H,6H2,1-5H3,(H,13,14). The van der Waals surface area contributed by atoms with E-state index in [-0.39, 0.29) is 5.41 Å². The molecule has 2 atom stereocenters. The first-order chi connectivity index (χ1) is 7.05. The van der Waals surface area contributed by atoms with Crippen LogP contribution in [0.25, 0.3) is 0 Å². The van der Waals surface area contributed by atoms with Crippen LogP contribution in [0.3, 0.4) is 0 Å². The normalized spacial score (nSPS) is 17.4. The van der Waals surface area contributed by atoms with Crippen LogP contribution in [0.4, 0.5) is 4.39 Å². The molecule has 0 bridgehead atoms. The minimum atomic E-state index is -2.94. The molecule has 1 N–H and O–H groups in total. The van der Waals surface area contributed by atoms with Crippen LogP contribution < -0.4 is 0 Å². The van der Waals surface area contributed by atoms with Crippen LogP contribution in [0.1, 0.15) is 41.0 Å². The van der Waals surface area contributed by atoms with Gasteiger partial charge in [0.2, 0.25) is 0 Å². The Labute approximate surface area is 94.8 Å². The number of carbonyl (C=O) groups excluding carboxylic acids is 1. The number of ether oxygens (including phenoxy) is 1. The van der Waals surface area contributed by atoms with E-state index < -0.39 is 30.1 Å². The largest absolute Gasteiger partial charge is 0.478 e. The van der Waals surface area contributed by atoms with E-state index in [4.69, 9.17) is 9.84 Å². The van der Waals surface area contributed by atoms with Crippen LogP contribution >= 0.6 is 0 Å². The van der Waals surface area contributed by atoms with Crippen molar-refractivity contribution in [1.82, 2.24) is 0 Å². The van der Waals surface area contributed by atoms with Gasteiger partial charge < -0.3 is 9.84 Å². The maximum absolute atomic E-state index is 13.7. The van der Waals surface area contributed by atoms with E-state index in [9.17, 15) is 14.0 Å². The van der Waals surface area contributed by atoms with Crippen LogP contribution in [0, 0.1) is 5.41 Å². The maximum atomic E-state index is 13.7. The number of rotatable bonds is 4. The van der Waals surface area contributed by atoms with Gasteiger partial charge in [0.25, 0.3) is 0 Å². The third-order valence-corrected chi connectivity index (χ3v) is 2.65. The zero-order valence-corrected chi connectivity index (χ0v) is 10.3. The Bertz CT molecular complexity index is 282. The van der Waals surface area contributed by atoms with E-state index in [1.165, 1.54) is 6.92 Å². The molecule has 94 valence electrons. The van der Waals surface area contributed by atoms with Crippen LogP contribution in [0.5, 0.6) is 0 Å². The van der Waals surface area contributed by atoms with Gasteiger partial charge in [-0.2, -0.15) is 0 Å². The smallest absolute Gasteiger partial charge is 0.356 e. The second-order valence-electron chi connectivity index (χ2n) is 4.87. The van der Waals surface area contributed by atoms with Gasteiger partial charge in [0.1, 0.15) is 6.10 Å². The molecule has 4 nitrogen and oxygen atoms in total. The minimum absolute atomic E-state index is 0.358. The molecule has 0 aromatic carbocycles. The summed E-state index contributed by atoms with van der Waals surface area (Å²) >= 11 is 0. The second kappa shape index (κ2) is 4.80. The lowest BCUT2D eigenvalue weighted by molar-refractivity contribution is -0.178. The van der Waals surface area contributed by atoms with Gasteiger partial charge in [-0.25, -0.2) is 14.0 Å². The van der Waals surface area contributed by atoms with Crippen molar-refractivity contribution >= 4 is 11.9 Å². The fraction of sp³-hybridized carbons (Fsp3) is 0.818. The van der Waals surface area contributed by atoms with E-state index in [0.717, 1.165) is 0 Å². The van der Waals surface area contributed by atoms with Crippen molar-refractivity contribution in [2.45, 2.75) is 52.8 Å². The maximum Gasteiger partial charge on any atom is 0.356 e. The van der Waals surface area contributed by atoms with E-state index in [1.807, 2.05) is 20.8 Å². The van der Waals surface area contributed by atoms with Crippen molar-refractivity contribution in [1.29, 1.82) is 0 Å². The minimum Gasteiger partial charge on any atom is -0.478 e. The van der Waals surface area contributed by atoms with Crippen molar-refractivity contribution in [3.05, 3.63) is 0 Å². The van der Waals surface area contributed by atoms with Crippen LogP contribution in [-0.2, 0) is 14.3 Å². The van der Waals surface area contributed by atoms with Crippen LogP contribution in [-0.4, -0.2) is 28.8 Å². The van der Waals surface area contributed by atoms with E-state index in [1.54, 1.807) is 6.92 Å². The zero-order chi connectivity index (χ0) is 13.1. The average molecular weight is 234 g/mol. The molecule has 0 rings (SSSR count). The third-order valence-electron chi connectivity index (χ3n) is 2.65. The van der Waals surface area contributed by atoms with Gasteiger partial charge in [0.05, 0.1) is 0 Å². The molecule has 0 aliphatic heterocycles. The Hall–Kier alpha value is -1.13. The highest BCUT2D eigenvalue weighted by Gasteiger charge is 2.48. The highest BCUT2D eigenvalue weighted by molar-refractivity contribution is 6.02. The van der Waals surface area contributed by atoms with Gasteiger partial charge in [-0.15, -0.1) is 0 Å². The summed E-state index contributed by atoms with van der Waals surface area (Å²) in [4.78, 5) is 22.1. The van der Waals surface area contributed by atoms with Gasteiger partial charge in [0.15, 0.2) is 0 Å². The molecule has 0 aliphatic rings. The van der Waals surface area contributed by atoms with Gasteiger partial charge >= 0.3 is 17.6 Å². The fourth-order valence-electron chi connectivity index (χ4n) is 0.814. The third kappa shape index (κ3) is 3.18. The molecule has 0 saturated heterocycles. The van der Waals surface area contributed by atoms with Crippen molar-refractivity contribution in [3.8, 4) is 0 Å². The van der Waals surface area contributed by atoms with Gasteiger partial charge in [-0.1, -0.05) is 27.7 Å². The predicted octanol–water partition coefficient (Wildman–Crippen LogP) is 2.17. The summed E-state index contributed by atoms with van der Waals surface area (Å²) in [6.07, 6.45) is -1.00. The molecule has 0 fully saturated rings. The molecule has 5 heteroatoms. The summed E-state index contributed by atoms with van der Waals surface area (Å²) < 4.78 is 18.5. The number of alkyl halides is 1. The van der Waals surface area contributed by atoms with Crippen molar-refractivity contribution in [2.75, 3.05) is 0 Å². The molecule has 0 aliphatic carbocycles. The molecule has 2 unspecified atom stereocenters. The molecule has 16 heavy (non-hydrogen) atoms. The molecule has 0 saturated carbocycles. The average Bonchev–Trinajstić information content (AvgIpc) is 2.14. The van der Waals surface area contributed by atoms with E-state index in [0.29, 0.717) is 0 Å². The number of carbonyl (C=O) groups is 2. The lowest BCUT2D eigenvalue weighted by Gasteiger charge is -2.29. The summed E-state index contributed by atoms with van der Waals surface area (Å²) in [5.74, 6) is -3.13.